The minimum atomic E-state index is -0.315. The maximum absolute atomic E-state index is 12.7. The topological polar surface area (TPSA) is 61.9 Å². The molecule has 0 aromatic carbocycles. The molecule has 1 aliphatic carbocycles. The van der Waals surface area contributed by atoms with E-state index in [0.29, 0.717) is 17.2 Å². The number of piperazine rings is 1. The largest absolute Gasteiger partial charge is 0.462 e. The molecule has 0 radical (unpaired) electrons. The number of nitrogens with one attached hydrogen (secondary N) is 1. The normalized spacial score (nSPS) is 19.5. The van der Waals surface area contributed by atoms with Crippen molar-refractivity contribution >= 4 is 28.2 Å². The van der Waals surface area contributed by atoms with E-state index in [4.69, 9.17) is 4.74 Å². The van der Waals surface area contributed by atoms with Gasteiger partial charge in [-0.2, -0.15) is 0 Å². The highest BCUT2D eigenvalue weighted by Gasteiger charge is 2.30. The lowest BCUT2D eigenvalue weighted by Crippen LogP contribution is -2.51. The molecule has 1 saturated heterocycles. The van der Waals surface area contributed by atoms with Gasteiger partial charge in [-0.05, 0) is 45.7 Å². The SMILES string of the molecule is CCOC(=O)c1c(NC(=O)C(C)N2CCN(C)CC2)sc2c1CCC2. The first-order chi connectivity index (χ1) is 12.0. The number of nitrogens with zero attached hydrogens (tertiary/aromatic N) is 2. The van der Waals surface area contributed by atoms with Crippen LogP contribution in [0.5, 0.6) is 0 Å². The molecule has 7 heteroatoms. The number of thiophene rings is 1. The molecule has 0 bridgehead atoms. The molecule has 1 amide bonds. The number of carbonyl (C=O) groups is 2. The fourth-order valence-electron chi connectivity index (χ4n) is 3.50. The van der Waals surface area contributed by atoms with Gasteiger partial charge in [0, 0.05) is 31.1 Å². The number of hydrogen-bond acceptors (Lipinski definition) is 6. The van der Waals surface area contributed by atoms with Crippen LogP contribution in [-0.4, -0.2) is 67.6 Å². The predicted octanol–water partition coefficient (Wildman–Crippen LogP) is 1.99. The minimum absolute atomic E-state index is 0.0463. The summed E-state index contributed by atoms with van der Waals surface area (Å²) in [6.07, 6.45) is 2.94. The quantitative estimate of drug-likeness (QED) is 0.809. The summed E-state index contributed by atoms with van der Waals surface area (Å²) < 4.78 is 5.22. The van der Waals surface area contributed by atoms with E-state index >= 15 is 0 Å². The summed E-state index contributed by atoms with van der Waals surface area (Å²) in [6, 6.07) is -0.208. The fourth-order valence-corrected chi connectivity index (χ4v) is 4.78. The van der Waals surface area contributed by atoms with Gasteiger partial charge < -0.3 is 15.0 Å². The maximum atomic E-state index is 12.7. The molecule has 3 rings (SSSR count). The van der Waals surface area contributed by atoms with E-state index < -0.39 is 0 Å². The second kappa shape index (κ2) is 7.85. The molecule has 0 spiro atoms. The van der Waals surface area contributed by atoms with Gasteiger partial charge >= 0.3 is 5.97 Å². The zero-order valence-corrected chi connectivity index (χ0v) is 16.1. The molecule has 1 fully saturated rings. The number of esters is 1. The summed E-state index contributed by atoms with van der Waals surface area (Å²) in [7, 11) is 2.10. The summed E-state index contributed by atoms with van der Waals surface area (Å²) in [4.78, 5) is 30.8. The molecule has 2 heterocycles. The Morgan fingerprint density at radius 3 is 2.64 bits per heavy atom. The predicted molar refractivity (Wildman–Crippen MR) is 99.5 cm³/mol. The minimum Gasteiger partial charge on any atom is -0.462 e. The van der Waals surface area contributed by atoms with Crippen molar-refractivity contribution in [2.75, 3.05) is 45.2 Å². The summed E-state index contributed by atoms with van der Waals surface area (Å²) in [5.41, 5.74) is 1.66. The monoisotopic (exact) mass is 365 g/mol. The van der Waals surface area contributed by atoms with E-state index in [9.17, 15) is 9.59 Å². The van der Waals surface area contributed by atoms with Crippen molar-refractivity contribution in [2.24, 2.45) is 0 Å². The Kier molecular flexibility index (Phi) is 5.76. The molecule has 138 valence electrons. The summed E-state index contributed by atoms with van der Waals surface area (Å²) in [5, 5.41) is 3.67. The molecule has 1 N–H and O–H groups in total. The standard InChI is InChI=1S/C18H27N3O3S/c1-4-24-18(23)15-13-6-5-7-14(13)25-17(15)19-16(22)12(2)21-10-8-20(3)9-11-21/h12H,4-11H2,1-3H3,(H,19,22). The molecule has 2 aliphatic rings. The van der Waals surface area contributed by atoms with E-state index in [2.05, 4.69) is 22.2 Å². The van der Waals surface area contributed by atoms with Crippen LogP contribution in [0.3, 0.4) is 0 Å². The third-order valence-corrected chi connectivity index (χ3v) is 6.31. The summed E-state index contributed by atoms with van der Waals surface area (Å²) >= 11 is 1.54. The van der Waals surface area contributed by atoms with Crippen LogP contribution in [0.25, 0.3) is 0 Å². The van der Waals surface area contributed by atoms with Crippen LogP contribution in [0.15, 0.2) is 0 Å². The van der Waals surface area contributed by atoms with Crippen molar-refractivity contribution in [1.82, 2.24) is 9.80 Å². The number of ether oxygens (including phenoxy) is 1. The maximum Gasteiger partial charge on any atom is 0.341 e. The van der Waals surface area contributed by atoms with E-state index in [0.717, 1.165) is 51.0 Å². The van der Waals surface area contributed by atoms with Gasteiger partial charge in [-0.1, -0.05) is 0 Å². The zero-order valence-electron chi connectivity index (χ0n) is 15.3. The lowest BCUT2D eigenvalue weighted by atomic mass is 10.1. The van der Waals surface area contributed by atoms with Crippen molar-refractivity contribution in [3.05, 3.63) is 16.0 Å². The molecule has 1 atom stereocenters. The Morgan fingerprint density at radius 2 is 1.96 bits per heavy atom. The van der Waals surface area contributed by atoms with Crippen molar-refractivity contribution in [2.45, 2.75) is 39.2 Å². The number of anilines is 1. The van der Waals surface area contributed by atoms with E-state index in [-0.39, 0.29) is 17.9 Å². The number of carbonyl (C=O) groups excluding carboxylic acids is 2. The first-order valence-electron chi connectivity index (χ1n) is 9.06. The van der Waals surface area contributed by atoms with Crippen LogP contribution in [0.4, 0.5) is 5.00 Å². The Morgan fingerprint density at radius 1 is 1.24 bits per heavy atom. The Balaban J connectivity index is 1.74. The molecule has 25 heavy (non-hydrogen) atoms. The average molecular weight is 365 g/mol. The van der Waals surface area contributed by atoms with Crippen LogP contribution in [0, 0.1) is 0 Å². The number of amides is 1. The van der Waals surface area contributed by atoms with Crippen LogP contribution in [0.2, 0.25) is 0 Å². The van der Waals surface area contributed by atoms with Gasteiger partial charge in [0.15, 0.2) is 0 Å². The third kappa shape index (κ3) is 3.88. The van der Waals surface area contributed by atoms with Gasteiger partial charge in [0.05, 0.1) is 18.2 Å². The van der Waals surface area contributed by atoms with E-state index in [1.54, 1.807) is 6.92 Å². The molecular formula is C18H27N3O3S. The molecule has 1 unspecified atom stereocenters. The van der Waals surface area contributed by atoms with Crippen LogP contribution < -0.4 is 5.32 Å². The lowest BCUT2D eigenvalue weighted by Gasteiger charge is -2.35. The Bertz CT molecular complexity index is 650. The molecule has 1 aliphatic heterocycles. The van der Waals surface area contributed by atoms with Gasteiger partial charge in [-0.25, -0.2) is 4.79 Å². The Hall–Kier alpha value is -1.44. The highest BCUT2D eigenvalue weighted by molar-refractivity contribution is 7.17. The summed E-state index contributed by atoms with van der Waals surface area (Å²) in [5.74, 6) is -0.362. The molecule has 1 aromatic heterocycles. The number of fused-ring (bicyclic) bond motifs is 1. The fraction of sp³-hybridized carbons (Fsp3) is 0.667. The van der Waals surface area contributed by atoms with Crippen LogP contribution in [-0.2, 0) is 22.4 Å². The van der Waals surface area contributed by atoms with Gasteiger partial charge in [-0.15, -0.1) is 11.3 Å². The van der Waals surface area contributed by atoms with Crippen LogP contribution >= 0.6 is 11.3 Å². The average Bonchev–Trinajstić information content (AvgIpc) is 3.15. The number of aryl methyl sites for hydroxylation is 1. The van der Waals surface area contributed by atoms with Crippen molar-refractivity contribution in [1.29, 1.82) is 0 Å². The third-order valence-electron chi connectivity index (χ3n) is 5.10. The van der Waals surface area contributed by atoms with Crippen molar-refractivity contribution in [3.8, 4) is 0 Å². The first-order valence-corrected chi connectivity index (χ1v) is 9.88. The number of rotatable bonds is 5. The molecule has 1 aromatic rings. The molecular weight excluding hydrogens is 338 g/mol. The van der Waals surface area contributed by atoms with Crippen molar-refractivity contribution < 1.29 is 14.3 Å². The second-order valence-corrected chi connectivity index (χ2v) is 7.89. The lowest BCUT2D eigenvalue weighted by molar-refractivity contribution is -0.121. The Labute approximate surface area is 153 Å². The molecule has 6 nitrogen and oxygen atoms in total. The first kappa shape index (κ1) is 18.4. The second-order valence-electron chi connectivity index (χ2n) is 6.79. The summed E-state index contributed by atoms with van der Waals surface area (Å²) in [6.45, 7) is 7.80. The van der Waals surface area contributed by atoms with E-state index in [1.807, 2.05) is 6.92 Å². The number of likely N-dealkylation sites (N-methyl/N-ethyl adjacent to an activating group) is 1. The molecule has 0 saturated carbocycles. The van der Waals surface area contributed by atoms with Gasteiger partial charge in [0.25, 0.3) is 0 Å². The highest BCUT2D eigenvalue weighted by atomic mass is 32.1. The highest BCUT2D eigenvalue weighted by Crippen LogP contribution is 2.39. The van der Waals surface area contributed by atoms with Crippen molar-refractivity contribution in [3.63, 3.8) is 0 Å². The number of hydrogen-bond donors (Lipinski definition) is 1. The smallest absolute Gasteiger partial charge is 0.341 e. The van der Waals surface area contributed by atoms with Gasteiger partial charge in [-0.3, -0.25) is 9.69 Å². The van der Waals surface area contributed by atoms with Gasteiger partial charge in [0.2, 0.25) is 5.91 Å². The zero-order chi connectivity index (χ0) is 18.0. The van der Waals surface area contributed by atoms with E-state index in [1.165, 1.54) is 16.2 Å². The van der Waals surface area contributed by atoms with Gasteiger partial charge in [0.1, 0.15) is 5.00 Å². The van der Waals surface area contributed by atoms with Crippen LogP contribution in [0.1, 0.15) is 41.1 Å².